The van der Waals surface area contributed by atoms with Gasteiger partial charge in [0.1, 0.15) is 23.9 Å². The van der Waals surface area contributed by atoms with E-state index in [9.17, 15) is 29.4 Å². The third-order valence-electron chi connectivity index (χ3n) is 6.71. The van der Waals surface area contributed by atoms with Gasteiger partial charge in [0.15, 0.2) is 0 Å². The summed E-state index contributed by atoms with van der Waals surface area (Å²) in [6.45, 7) is 3.78. The summed E-state index contributed by atoms with van der Waals surface area (Å²) in [5.41, 5.74) is 7.43. The van der Waals surface area contributed by atoms with Crippen molar-refractivity contribution in [2.45, 2.75) is 63.7 Å². The van der Waals surface area contributed by atoms with Crippen LogP contribution in [0.5, 0.6) is 5.75 Å². The Kier molecular flexibility index (Phi) is 13.5. The molecule has 7 N–H and O–H groups in total. The number of phenols is 1. The topological polar surface area (TPSA) is 171 Å². The second-order valence-corrected chi connectivity index (χ2v) is 10.8. The van der Waals surface area contributed by atoms with Crippen molar-refractivity contribution in [1.82, 2.24) is 16.0 Å². The van der Waals surface area contributed by atoms with Crippen molar-refractivity contribution in [1.29, 1.82) is 0 Å². The van der Waals surface area contributed by atoms with Crippen LogP contribution in [0.2, 0.25) is 0 Å². The minimum atomic E-state index is -1.23. The first-order valence-electron chi connectivity index (χ1n) is 13.3. The van der Waals surface area contributed by atoms with Crippen LogP contribution < -0.4 is 21.7 Å². The molecule has 0 bridgehead atoms. The number of carboxylic acids is 1. The molecule has 0 radical (unpaired) electrons. The summed E-state index contributed by atoms with van der Waals surface area (Å²) in [7, 11) is 0. The number of carbonyl (C=O) groups is 4. The van der Waals surface area contributed by atoms with Crippen molar-refractivity contribution < 1.29 is 29.4 Å². The summed E-state index contributed by atoms with van der Waals surface area (Å²) in [5.74, 6) is -2.40. The number of aromatic hydroxyl groups is 1. The SMILES string of the molecule is CCC(C)C(N)C(=O)NC(CCSC)C(=O)NC(Cc1ccc(O)cc1)C(=O)NC(Cc1ccccc1)C(=O)O. The molecule has 11 heteroatoms. The molecular weight excluding hydrogens is 532 g/mol. The Labute approximate surface area is 239 Å². The Morgan fingerprint density at radius 1 is 0.825 bits per heavy atom. The minimum Gasteiger partial charge on any atom is -0.508 e. The number of carboxylic acid groups (broad SMARTS) is 1. The number of benzene rings is 2. The van der Waals surface area contributed by atoms with E-state index in [1.165, 1.54) is 23.9 Å². The molecule has 0 saturated heterocycles. The zero-order valence-electron chi connectivity index (χ0n) is 23.1. The zero-order valence-corrected chi connectivity index (χ0v) is 23.9. The number of nitrogens with one attached hydrogen (secondary N) is 3. The van der Waals surface area contributed by atoms with Gasteiger partial charge in [0, 0.05) is 12.8 Å². The highest BCUT2D eigenvalue weighted by atomic mass is 32.2. The summed E-state index contributed by atoms with van der Waals surface area (Å²) in [5, 5.41) is 27.4. The Bertz CT molecular complexity index is 1120. The molecule has 0 aromatic heterocycles. The van der Waals surface area contributed by atoms with Crippen molar-refractivity contribution in [2.75, 3.05) is 12.0 Å². The van der Waals surface area contributed by atoms with E-state index in [2.05, 4.69) is 16.0 Å². The van der Waals surface area contributed by atoms with Crippen LogP contribution in [0.25, 0.3) is 0 Å². The molecule has 10 nitrogen and oxygen atoms in total. The van der Waals surface area contributed by atoms with E-state index in [-0.39, 0.29) is 24.5 Å². The zero-order chi connectivity index (χ0) is 29.7. The van der Waals surface area contributed by atoms with Gasteiger partial charge in [-0.2, -0.15) is 11.8 Å². The summed E-state index contributed by atoms with van der Waals surface area (Å²) in [6, 6.07) is 10.9. The maximum absolute atomic E-state index is 13.4. The fourth-order valence-electron chi connectivity index (χ4n) is 3.96. The van der Waals surface area contributed by atoms with E-state index >= 15 is 0 Å². The summed E-state index contributed by atoms with van der Waals surface area (Å²) < 4.78 is 0. The number of hydrogen-bond acceptors (Lipinski definition) is 7. The van der Waals surface area contributed by atoms with Crippen molar-refractivity contribution in [3.05, 3.63) is 65.7 Å². The Hall–Kier alpha value is -3.57. The van der Waals surface area contributed by atoms with Gasteiger partial charge in [0.25, 0.3) is 0 Å². The smallest absolute Gasteiger partial charge is 0.326 e. The summed E-state index contributed by atoms with van der Waals surface area (Å²) in [6.07, 6.45) is 2.97. The van der Waals surface area contributed by atoms with E-state index in [0.29, 0.717) is 24.2 Å². The lowest BCUT2D eigenvalue weighted by Gasteiger charge is -2.26. The monoisotopic (exact) mass is 572 g/mol. The van der Waals surface area contributed by atoms with Gasteiger partial charge in [-0.05, 0) is 47.6 Å². The van der Waals surface area contributed by atoms with Crippen LogP contribution in [0.1, 0.15) is 37.8 Å². The van der Waals surface area contributed by atoms with Gasteiger partial charge in [0.05, 0.1) is 6.04 Å². The summed E-state index contributed by atoms with van der Waals surface area (Å²) in [4.78, 5) is 51.6. The van der Waals surface area contributed by atoms with E-state index in [0.717, 1.165) is 5.56 Å². The van der Waals surface area contributed by atoms with Crippen molar-refractivity contribution in [3.63, 3.8) is 0 Å². The highest BCUT2D eigenvalue weighted by molar-refractivity contribution is 7.98. The number of nitrogens with two attached hydrogens (primary N) is 1. The maximum atomic E-state index is 13.4. The molecule has 5 atom stereocenters. The number of carbonyl (C=O) groups excluding carboxylic acids is 3. The lowest BCUT2D eigenvalue weighted by Crippen LogP contribution is -2.58. The predicted octanol–water partition coefficient (Wildman–Crippen LogP) is 1.84. The van der Waals surface area contributed by atoms with E-state index in [1.807, 2.05) is 26.2 Å². The number of hydrogen-bond donors (Lipinski definition) is 6. The Morgan fingerprint density at radius 2 is 1.35 bits per heavy atom. The van der Waals surface area contributed by atoms with Crippen LogP contribution >= 0.6 is 11.8 Å². The van der Waals surface area contributed by atoms with Gasteiger partial charge >= 0.3 is 5.97 Å². The molecule has 218 valence electrons. The van der Waals surface area contributed by atoms with Gasteiger partial charge in [-0.3, -0.25) is 14.4 Å². The number of rotatable bonds is 16. The fraction of sp³-hybridized carbons (Fsp3) is 0.448. The molecule has 0 heterocycles. The van der Waals surface area contributed by atoms with Crippen LogP contribution in [0.3, 0.4) is 0 Å². The van der Waals surface area contributed by atoms with Crippen LogP contribution in [-0.4, -0.2) is 70.1 Å². The quantitative estimate of drug-likeness (QED) is 0.177. The third-order valence-corrected chi connectivity index (χ3v) is 7.35. The normalized spacial score (nSPS) is 14.7. The van der Waals surface area contributed by atoms with Gasteiger partial charge in [0.2, 0.25) is 17.7 Å². The first kappa shape index (κ1) is 32.6. The first-order valence-corrected chi connectivity index (χ1v) is 14.6. The standard InChI is InChI=1S/C29H40N4O6S/c1-4-18(2)25(30)28(37)31-22(14-15-40-3)26(35)32-23(16-20-10-12-21(34)13-11-20)27(36)33-24(29(38)39)17-19-8-6-5-7-9-19/h5-13,18,22-25,34H,4,14-17,30H2,1-3H3,(H,31,37)(H,32,35)(H,33,36)(H,38,39). The van der Waals surface area contributed by atoms with E-state index in [1.54, 1.807) is 36.4 Å². The predicted molar refractivity (Wildman–Crippen MR) is 156 cm³/mol. The lowest BCUT2D eigenvalue weighted by atomic mass is 9.99. The molecule has 0 aliphatic carbocycles. The lowest BCUT2D eigenvalue weighted by molar-refractivity contribution is -0.142. The molecular formula is C29H40N4O6S. The van der Waals surface area contributed by atoms with Crippen LogP contribution in [0, 0.1) is 5.92 Å². The molecule has 3 amide bonds. The molecule has 0 aliphatic rings. The third kappa shape index (κ3) is 10.5. The molecule has 2 rings (SSSR count). The molecule has 5 unspecified atom stereocenters. The number of phenolic OH excluding ortho intramolecular Hbond substituents is 1. The maximum Gasteiger partial charge on any atom is 0.326 e. The molecule has 40 heavy (non-hydrogen) atoms. The van der Waals surface area contributed by atoms with Gasteiger partial charge in [-0.25, -0.2) is 4.79 Å². The average Bonchev–Trinajstić information content (AvgIpc) is 2.94. The molecule has 0 saturated carbocycles. The molecule has 2 aromatic carbocycles. The second kappa shape index (κ2) is 16.5. The van der Waals surface area contributed by atoms with E-state index in [4.69, 9.17) is 5.73 Å². The molecule has 0 spiro atoms. The average molecular weight is 573 g/mol. The first-order chi connectivity index (χ1) is 19.0. The van der Waals surface area contributed by atoms with Gasteiger partial charge in [-0.15, -0.1) is 0 Å². The summed E-state index contributed by atoms with van der Waals surface area (Å²) >= 11 is 1.50. The molecule has 0 fully saturated rings. The van der Waals surface area contributed by atoms with Gasteiger partial charge in [-0.1, -0.05) is 62.7 Å². The number of aliphatic carboxylic acids is 1. The van der Waals surface area contributed by atoms with Crippen molar-refractivity contribution in [3.8, 4) is 5.75 Å². The van der Waals surface area contributed by atoms with Crippen molar-refractivity contribution in [2.24, 2.45) is 11.7 Å². The molecule has 0 aliphatic heterocycles. The Morgan fingerprint density at radius 3 is 1.93 bits per heavy atom. The van der Waals surface area contributed by atoms with Crippen LogP contribution in [0.4, 0.5) is 0 Å². The fourth-order valence-corrected chi connectivity index (χ4v) is 4.43. The van der Waals surface area contributed by atoms with Crippen LogP contribution in [0.15, 0.2) is 54.6 Å². The number of thioether (sulfide) groups is 1. The number of amides is 3. The largest absolute Gasteiger partial charge is 0.508 e. The van der Waals surface area contributed by atoms with E-state index < -0.39 is 47.9 Å². The highest BCUT2D eigenvalue weighted by Gasteiger charge is 2.31. The minimum absolute atomic E-state index is 0.0328. The van der Waals surface area contributed by atoms with Crippen LogP contribution in [-0.2, 0) is 32.0 Å². The Balaban J connectivity index is 2.26. The highest BCUT2D eigenvalue weighted by Crippen LogP contribution is 2.13. The second-order valence-electron chi connectivity index (χ2n) is 9.77. The van der Waals surface area contributed by atoms with Crippen molar-refractivity contribution >= 4 is 35.5 Å². The molecule has 2 aromatic rings. The van der Waals surface area contributed by atoms with Gasteiger partial charge < -0.3 is 31.9 Å².